The topological polar surface area (TPSA) is 81.3 Å². The number of benzene rings is 1. The second kappa shape index (κ2) is 9.62. The van der Waals surface area contributed by atoms with Crippen LogP contribution in [-0.2, 0) is 4.79 Å². The Labute approximate surface area is 190 Å². The summed E-state index contributed by atoms with van der Waals surface area (Å²) in [7, 11) is 0. The molecule has 0 spiro atoms. The van der Waals surface area contributed by atoms with Crippen LogP contribution in [0.3, 0.4) is 0 Å². The molecule has 2 N–H and O–H groups in total. The fourth-order valence-electron chi connectivity index (χ4n) is 5.05. The molecule has 168 valence electrons. The molecular formula is C26H32N4O2. The molecule has 1 fully saturated rings. The second-order valence-corrected chi connectivity index (χ2v) is 9.02. The van der Waals surface area contributed by atoms with Gasteiger partial charge < -0.3 is 15.0 Å². The molecule has 1 aromatic heterocycles. The third-order valence-corrected chi connectivity index (χ3v) is 6.96. The van der Waals surface area contributed by atoms with Gasteiger partial charge in [0.1, 0.15) is 17.6 Å². The van der Waals surface area contributed by atoms with Crippen molar-refractivity contribution >= 4 is 17.3 Å². The van der Waals surface area contributed by atoms with Crippen LogP contribution in [0, 0.1) is 25.2 Å². The van der Waals surface area contributed by atoms with Gasteiger partial charge in [-0.25, -0.2) is 0 Å². The highest BCUT2D eigenvalue weighted by Crippen LogP contribution is 2.36. The van der Waals surface area contributed by atoms with Gasteiger partial charge in [0.2, 0.25) is 5.91 Å². The summed E-state index contributed by atoms with van der Waals surface area (Å²) in [6, 6.07) is 9.94. The molecule has 1 aliphatic heterocycles. The standard InChI is InChI=1S/C26H32N4O2/c1-18-19(2)30(22-6-4-3-5-7-22)26(24(18)16-27)28-25(32)17-29-14-12-21(13-15-29)20-8-10-23(31)11-9-20/h8-12,22,31H,3-7,13-15,17H2,1-2H3,(H,28,32). The zero-order chi connectivity index (χ0) is 22.7. The molecule has 32 heavy (non-hydrogen) atoms. The Hall–Kier alpha value is -3.04. The van der Waals surface area contributed by atoms with Gasteiger partial charge in [0, 0.05) is 24.8 Å². The van der Waals surface area contributed by atoms with Crippen LogP contribution < -0.4 is 5.32 Å². The Kier molecular flexibility index (Phi) is 6.66. The van der Waals surface area contributed by atoms with Crippen LogP contribution in [0.5, 0.6) is 5.75 Å². The molecule has 1 aromatic carbocycles. The minimum atomic E-state index is -0.0717. The van der Waals surface area contributed by atoms with Crippen molar-refractivity contribution in [1.82, 2.24) is 9.47 Å². The first kappa shape index (κ1) is 22.2. The van der Waals surface area contributed by atoms with E-state index in [1.165, 1.54) is 24.8 Å². The Morgan fingerprint density at radius 1 is 1.19 bits per heavy atom. The van der Waals surface area contributed by atoms with Crippen LogP contribution in [0.25, 0.3) is 5.57 Å². The van der Waals surface area contributed by atoms with E-state index < -0.39 is 0 Å². The maximum atomic E-state index is 13.0. The average Bonchev–Trinajstić information content (AvgIpc) is 3.04. The fourth-order valence-corrected chi connectivity index (χ4v) is 5.05. The molecule has 0 radical (unpaired) electrons. The van der Waals surface area contributed by atoms with Gasteiger partial charge in [-0.2, -0.15) is 5.26 Å². The molecule has 0 unspecified atom stereocenters. The Bertz CT molecular complexity index is 1050. The van der Waals surface area contributed by atoms with E-state index in [1.54, 1.807) is 12.1 Å². The summed E-state index contributed by atoms with van der Waals surface area (Å²) in [5.74, 6) is 0.873. The van der Waals surface area contributed by atoms with E-state index in [1.807, 2.05) is 19.1 Å². The maximum Gasteiger partial charge on any atom is 0.239 e. The van der Waals surface area contributed by atoms with Crippen molar-refractivity contribution in [3.05, 3.63) is 52.7 Å². The number of nitrogens with one attached hydrogen (secondary N) is 1. The van der Waals surface area contributed by atoms with Gasteiger partial charge in [-0.05, 0) is 61.9 Å². The van der Waals surface area contributed by atoms with Gasteiger partial charge in [0.15, 0.2) is 0 Å². The molecular weight excluding hydrogens is 400 g/mol. The predicted octanol–water partition coefficient (Wildman–Crippen LogP) is 4.92. The number of aromatic nitrogens is 1. The van der Waals surface area contributed by atoms with Gasteiger partial charge in [-0.15, -0.1) is 0 Å². The molecule has 0 saturated heterocycles. The lowest BCUT2D eigenvalue weighted by Crippen LogP contribution is -2.36. The van der Waals surface area contributed by atoms with Gasteiger partial charge in [0.05, 0.1) is 12.1 Å². The molecule has 1 amide bonds. The van der Waals surface area contributed by atoms with Gasteiger partial charge >= 0.3 is 0 Å². The Morgan fingerprint density at radius 3 is 2.53 bits per heavy atom. The third kappa shape index (κ3) is 4.58. The highest BCUT2D eigenvalue weighted by Gasteiger charge is 2.26. The van der Waals surface area contributed by atoms with Crippen LogP contribution in [-0.4, -0.2) is 40.1 Å². The highest BCUT2D eigenvalue weighted by atomic mass is 16.3. The summed E-state index contributed by atoms with van der Waals surface area (Å²) in [5.41, 5.74) is 5.00. The molecule has 6 nitrogen and oxygen atoms in total. The molecule has 1 aliphatic carbocycles. The van der Waals surface area contributed by atoms with E-state index in [2.05, 4.69) is 33.9 Å². The van der Waals surface area contributed by atoms with Crippen LogP contribution in [0.4, 0.5) is 5.82 Å². The number of anilines is 1. The van der Waals surface area contributed by atoms with E-state index in [0.29, 0.717) is 30.5 Å². The molecule has 1 saturated carbocycles. The lowest BCUT2D eigenvalue weighted by Gasteiger charge is -2.28. The van der Waals surface area contributed by atoms with Crippen molar-refractivity contribution in [3.63, 3.8) is 0 Å². The van der Waals surface area contributed by atoms with Gasteiger partial charge in [-0.1, -0.05) is 37.5 Å². The quantitative estimate of drug-likeness (QED) is 0.703. The van der Waals surface area contributed by atoms with Crippen molar-refractivity contribution < 1.29 is 9.90 Å². The number of carbonyl (C=O) groups excluding carboxylic acids is 1. The number of nitrogens with zero attached hydrogens (tertiary/aromatic N) is 3. The summed E-state index contributed by atoms with van der Waals surface area (Å²) in [4.78, 5) is 15.1. The number of hydrogen-bond donors (Lipinski definition) is 2. The zero-order valence-electron chi connectivity index (χ0n) is 19.0. The van der Waals surface area contributed by atoms with Crippen LogP contribution in [0.15, 0.2) is 30.3 Å². The Balaban J connectivity index is 1.45. The van der Waals surface area contributed by atoms with Crippen molar-refractivity contribution in [2.45, 2.75) is 58.4 Å². The molecule has 2 aliphatic rings. The Morgan fingerprint density at radius 2 is 1.91 bits per heavy atom. The molecule has 4 rings (SSSR count). The van der Waals surface area contributed by atoms with Crippen LogP contribution in [0.1, 0.15) is 67.0 Å². The van der Waals surface area contributed by atoms with Crippen molar-refractivity contribution in [3.8, 4) is 11.8 Å². The van der Waals surface area contributed by atoms with Crippen molar-refractivity contribution in [1.29, 1.82) is 5.26 Å². The molecule has 2 heterocycles. The second-order valence-electron chi connectivity index (χ2n) is 9.02. The zero-order valence-corrected chi connectivity index (χ0v) is 19.0. The molecule has 0 bridgehead atoms. The summed E-state index contributed by atoms with van der Waals surface area (Å²) >= 11 is 0. The SMILES string of the molecule is Cc1c(C#N)c(NC(=O)CN2CC=C(c3ccc(O)cc3)CC2)n(C2CCCCC2)c1C. The smallest absolute Gasteiger partial charge is 0.239 e. The molecule has 0 atom stereocenters. The highest BCUT2D eigenvalue weighted by molar-refractivity contribution is 5.93. The minimum Gasteiger partial charge on any atom is -0.508 e. The van der Waals surface area contributed by atoms with Crippen LogP contribution >= 0.6 is 0 Å². The molecule has 6 heteroatoms. The van der Waals surface area contributed by atoms with Crippen molar-refractivity contribution in [2.75, 3.05) is 25.0 Å². The fraction of sp³-hybridized carbons (Fsp3) is 0.462. The summed E-state index contributed by atoms with van der Waals surface area (Å²) in [6.07, 6.45) is 8.86. The molecule has 2 aromatic rings. The number of amides is 1. The first-order valence-corrected chi connectivity index (χ1v) is 11.6. The maximum absolute atomic E-state index is 13.0. The minimum absolute atomic E-state index is 0.0717. The van der Waals surface area contributed by atoms with Gasteiger partial charge in [0.25, 0.3) is 0 Å². The van der Waals surface area contributed by atoms with E-state index in [-0.39, 0.29) is 11.7 Å². The average molecular weight is 433 g/mol. The normalized spacial score (nSPS) is 17.6. The van der Waals surface area contributed by atoms with E-state index in [4.69, 9.17) is 0 Å². The first-order valence-electron chi connectivity index (χ1n) is 11.6. The van der Waals surface area contributed by atoms with E-state index in [9.17, 15) is 15.2 Å². The number of aromatic hydroxyl groups is 1. The number of phenols is 1. The number of hydrogen-bond acceptors (Lipinski definition) is 4. The largest absolute Gasteiger partial charge is 0.508 e. The monoisotopic (exact) mass is 432 g/mol. The number of nitriles is 1. The number of phenolic OH excluding ortho intramolecular Hbond substituents is 1. The third-order valence-electron chi connectivity index (χ3n) is 6.96. The first-order chi connectivity index (χ1) is 15.5. The number of carbonyl (C=O) groups is 1. The van der Waals surface area contributed by atoms with Gasteiger partial charge in [-0.3, -0.25) is 9.69 Å². The predicted molar refractivity (Wildman–Crippen MR) is 127 cm³/mol. The van der Waals surface area contributed by atoms with E-state index in [0.717, 1.165) is 42.6 Å². The summed E-state index contributed by atoms with van der Waals surface area (Å²) in [5, 5.41) is 22.4. The van der Waals surface area contributed by atoms with Crippen LogP contribution in [0.2, 0.25) is 0 Å². The summed E-state index contributed by atoms with van der Waals surface area (Å²) < 4.78 is 2.21. The lowest BCUT2D eigenvalue weighted by molar-refractivity contribution is -0.117. The number of rotatable bonds is 5. The van der Waals surface area contributed by atoms with E-state index >= 15 is 0 Å². The van der Waals surface area contributed by atoms with Crippen molar-refractivity contribution in [2.24, 2.45) is 0 Å². The summed E-state index contributed by atoms with van der Waals surface area (Å²) in [6.45, 7) is 5.84. The lowest BCUT2D eigenvalue weighted by atomic mass is 9.95.